The van der Waals surface area contributed by atoms with Crippen LogP contribution in [0, 0.1) is 15.9 Å². The molecule has 0 unspecified atom stereocenters. The zero-order chi connectivity index (χ0) is 13.0. The summed E-state index contributed by atoms with van der Waals surface area (Å²) in [6.07, 6.45) is 0. The van der Waals surface area contributed by atoms with E-state index in [4.69, 9.17) is 0 Å². The van der Waals surface area contributed by atoms with E-state index in [2.05, 4.69) is 5.73 Å². The summed E-state index contributed by atoms with van der Waals surface area (Å²) in [5.74, 6) is -2.06. The van der Waals surface area contributed by atoms with E-state index >= 15 is 0 Å². The lowest BCUT2D eigenvalue weighted by Gasteiger charge is -2.05. The predicted molar refractivity (Wildman–Crippen MR) is 53.2 cm³/mol. The Kier molecular flexibility index (Phi) is 3.55. The van der Waals surface area contributed by atoms with E-state index in [1.54, 1.807) is 5.43 Å². The maximum Gasteiger partial charge on any atom is 0.330 e. The molecule has 1 aromatic carbocycles. The van der Waals surface area contributed by atoms with Gasteiger partial charge < -0.3 is 5.73 Å². The molecule has 0 heterocycles. The number of nitrogens with one attached hydrogen (secondary N) is 2. The van der Waals surface area contributed by atoms with Crippen LogP contribution in [-0.4, -0.2) is 16.9 Å². The van der Waals surface area contributed by atoms with Crippen molar-refractivity contribution in [3.8, 4) is 0 Å². The highest BCUT2D eigenvalue weighted by molar-refractivity contribution is 5.95. The van der Waals surface area contributed by atoms with Crippen molar-refractivity contribution in [2.75, 3.05) is 0 Å². The minimum atomic E-state index is -1.08. The quantitative estimate of drug-likeness (QED) is 0.499. The Morgan fingerprint density at radius 2 is 2.00 bits per heavy atom. The standard InChI is InChI=1S/C8H7FN4O4/c9-6-3-4(13(16)17)1-2-5(6)7(14)11-12-8(10)15/h1-3H,(H,11,14)(H3,10,12,15). The number of nitrogens with zero attached hydrogens (tertiary/aromatic N) is 1. The SMILES string of the molecule is NC(=O)NNC(=O)c1ccc([N+](=O)[O-])cc1F. The Morgan fingerprint density at radius 1 is 1.35 bits per heavy atom. The lowest BCUT2D eigenvalue weighted by molar-refractivity contribution is -0.385. The van der Waals surface area contributed by atoms with Gasteiger partial charge in [0.15, 0.2) is 0 Å². The van der Waals surface area contributed by atoms with Crippen LogP contribution in [0.25, 0.3) is 0 Å². The fourth-order valence-corrected chi connectivity index (χ4v) is 0.987. The predicted octanol–water partition coefficient (Wildman–Crippen LogP) is 0.0470. The summed E-state index contributed by atoms with van der Waals surface area (Å²) < 4.78 is 13.3. The number of nitro benzene ring substituents is 1. The number of carbonyl (C=O) groups is 2. The number of primary amides is 1. The van der Waals surface area contributed by atoms with Gasteiger partial charge in [-0.3, -0.25) is 20.3 Å². The summed E-state index contributed by atoms with van der Waals surface area (Å²) >= 11 is 0. The van der Waals surface area contributed by atoms with Crippen molar-refractivity contribution in [1.82, 2.24) is 10.9 Å². The van der Waals surface area contributed by atoms with Crippen LogP contribution in [-0.2, 0) is 0 Å². The van der Waals surface area contributed by atoms with Crippen LogP contribution in [0.15, 0.2) is 18.2 Å². The van der Waals surface area contributed by atoms with Gasteiger partial charge in [-0.05, 0) is 6.07 Å². The minimum Gasteiger partial charge on any atom is -0.350 e. The molecule has 0 bridgehead atoms. The second-order valence-corrected chi connectivity index (χ2v) is 2.86. The summed E-state index contributed by atoms with van der Waals surface area (Å²) in [6.45, 7) is 0. The van der Waals surface area contributed by atoms with Crippen molar-refractivity contribution < 1.29 is 18.9 Å². The van der Waals surface area contributed by atoms with E-state index in [0.717, 1.165) is 12.1 Å². The van der Waals surface area contributed by atoms with E-state index < -0.39 is 33.9 Å². The molecule has 0 aliphatic rings. The second kappa shape index (κ2) is 4.88. The Bertz CT molecular complexity index is 490. The molecule has 0 spiro atoms. The summed E-state index contributed by atoms with van der Waals surface area (Å²) in [5.41, 5.74) is 7.30. The van der Waals surface area contributed by atoms with E-state index in [1.165, 1.54) is 0 Å². The van der Waals surface area contributed by atoms with Gasteiger partial charge in [-0.1, -0.05) is 0 Å². The van der Waals surface area contributed by atoms with Crippen LogP contribution in [0.2, 0.25) is 0 Å². The van der Waals surface area contributed by atoms with E-state index in [1.807, 2.05) is 5.43 Å². The van der Waals surface area contributed by atoms with Crippen LogP contribution in [0.5, 0.6) is 0 Å². The van der Waals surface area contributed by atoms with Gasteiger partial charge in [0, 0.05) is 6.07 Å². The highest BCUT2D eigenvalue weighted by Crippen LogP contribution is 2.16. The molecule has 0 atom stereocenters. The zero-order valence-electron chi connectivity index (χ0n) is 8.27. The number of halogens is 1. The van der Waals surface area contributed by atoms with Gasteiger partial charge in [0.1, 0.15) is 5.82 Å². The van der Waals surface area contributed by atoms with E-state index in [9.17, 15) is 24.1 Å². The number of hydrogen-bond acceptors (Lipinski definition) is 4. The average molecular weight is 242 g/mol. The first kappa shape index (κ1) is 12.4. The first-order chi connectivity index (χ1) is 7.91. The van der Waals surface area contributed by atoms with Crippen molar-refractivity contribution in [3.63, 3.8) is 0 Å². The molecule has 1 rings (SSSR count). The van der Waals surface area contributed by atoms with Crippen LogP contribution in [0.1, 0.15) is 10.4 Å². The largest absolute Gasteiger partial charge is 0.350 e. The molecule has 9 heteroatoms. The molecule has 90 valence electrons. The molecule has 4 N–H and O–H groups in total. The molecule has 17 heavy (non-hydrogen) atoms. The second-order valence-electron chi connectivity index (χ2n) is 2.86. The molecule has 0 radical (unpaired) electrons. The van der Waals surface area contributed by atoms with Gasteiger partial charge in [0.05, 0.1) is 16.6 Å². The van der Waals surface area contributed by atoms with Crippen LogP contribution in [0.3, 0.4) is 0 Å². The Balaban J connectivity index is 2.88. The van der Waals surface area contributed by atoms with Gasteiger partial charge in [0.25, 0.3) is 11.6 Å². The molecule has 0 fully saturated rings. The Labute approximate surface area is 93.7 Å². The van der Waals surface area contributed by atoms with Crippen LogP contribution < -0.4 is 16.6 Å². The van der Waals surface area contributed by atoms with Crippen LogP contribution >= 0.6 is 0 Å². The molecule has 0 saturated heterocycles. The van der Waals surface area contributed by atoms with Crippen molar-refractivity contribution in [2.24, 2.45) is 5.73 Å². The topological polar surface area (TPSA) is 127 Å². The average Bonchev–Trinajstić information content (AvgIpc) is 2.25. The van der Waals surface area contributed by atoms with Gasteiger partial charge in [-0.2, -0.15) is 0 Å². The van der Waals surface area contributed by atoms with Gasteiger partial charge in [0.2, 0.25) is 0 Å². The van der Waals surface area contributed by atoms with Gasteiger partial charge in [-0.25, -0.2) is 14.6 Å². The van der Waals surface area contributed by atoms with Crippen molar-refractivity contribution in [1.29, 1.82) is 0 Å². The number of hydrogen-bond donors (Lipinski definition) is 3. The summed E-state index contributed by atoms with van der Waals surface area (Å²) in [7, 11) is 0. The molecule has 0 saturated carbocycles. The molecule has 3 amide bonds. The van der Waals surface area contributed by atoms with E-state index in [-0.39, 0.29) is 0 Å². The zero-order valence-corrected chi connectivity index (χ0v) is 8.27. The normalized spacial score (nSPS) is 9.47. The monoisotopic (exact) mass is 242 g/mol. The number of carbonyl (C=O) groups excluding carboxylic acids is 2. The van der Waals surface area contributed by atoms with Crippen molar-refractivity contribution >= 4 is 17.6 Å². The number of hydrazine groups is 1. The Hall–Kier alpha value is -2.71. The molecular weight excluding hydrogens is 235 g/mol. The van der Waals surface area contributed by atoms with Crippen LogP contribution in [0.4, 0.5) is 14.9 Å². The van der Waals surface area contributed by atoms with E-state index in [0.29, 0.717) is 6.07 Å². The highest BCUT2D eigenvalue weighted by Gasteiger charge is 2.16. The first-order valence-corrected chi connectivity index (χ1v) is 4.21. The summed E-state index contributed by atoms with van der Waals surface area (Å²) in [5, 5.41) is 10.3. The fraction of sp³-hybridized carbons (Fsp3) is 0. The third kappa shape index (κ3) is 3.12. The van der Waals surface area contributed by atoms with Gasteiger partial charge in [-0.15, -0.1) is 0 Å². The number of urea groups is 1. The molecule has 0 aliphatic carbocycles. The lowest BCUT2D eigenvalue weighted by atomic mass is 10.2. The lowest BCUT2D eigenvalue weighted by Crippen LogP contribution is -2.44. The number of rotatable bonds is 2. The fourth-order valence-electron chi connectivity index (χ4n) is 0.987. The maximum atomic E-state index is 13.3. The molecule has 0 aliphatic heterocycles. The smallest absolute Gasteiger partial charge is 0.330 e. The molecular formula is C8H7FN4O4. The van der Waals surface area contributed by atoms with Crippen molar-refractivity contribution in [2.45, 2.75) is 0 Å². The molecule has 8 nitrogen and oxygen atoms in total. The highest BCUT2D eigenvalue weighted by atomic mass is 19.1. The first-order valence-electron chi connectivity index (χ1n) is 4.21. The Morgan fingerprint density at radius 3 is 2.47 bits per heavy atom. The number of benzene rings is 1. The number of non-ortho nitro benzene ring substituents is 1. The number of nitro groups is 1. The number of amides is 3. The van der Waals surface area contributed by atoms with Gasteiger partial charge >= 0.3 is 6.03 Å². The third-order valence-corrected chi connectivity index (χ3v) is 1.71. The number of nitrogens with two attached hydrogens (primary N) is 1. The molecule has 1 aromatic rings. The maximum absolute atomic E-state index is 13.3. The minimum absolute atomic E-state index is 0.454. The summed E-state index contributed by atoms with van der Waals surface area (Å²) in [4.78, 5) is 31.1. The van der Waals surface area contributed by atoms with Crippen molar-refractivity contribution in [3.05, 3.63) is 39.7 Å². The third-order valence-electron chi connectivity index (χ3n) is 1.71. The summed E-state index contributed by atoms with van der Waals surface area (Å²) in [6, 6.07) is 1.45. The molecule has 0 aromatic heterocycles.